The average Bonchev–Trinajstić information content (AvgIpc) is 3.04. The molecule has 0 amide bonds. The molecule has 0 aliphatic carbocycles. The van der Waals surface area contributed by atoms with Crippen LogP contribution in [-0.4, -0.2) is 91.2 Å². The fraction of sp³-hybridized carbons (Fsp3) is 0.440. The van der Waals surface area contributed by atoms with E-state index >= 15 is 0 Å². The van der Waals surface area contributed by atoms with Crippen molar-refractivity contribution in [3.05, 3.63) is 54.1 Å². The zero-order valence-corrected chi connectivity index (χ0v) is 19.7. The summed E-state index contributed by atoms with van der Waals surface area (Å²) in [5.41, 5.74) is 1.90. The molecule has 3 heterocycles. The summed E-state index contributed by atoms with van der Waals surface area (Å²) in [4.78, 5) is 12.1. The normalized spacial score (nSPS) is 18.5. The molecule has 2 aromatic rings. The molecule has 0 atom stereocenters. The van der Waals surface area contributed by atoms with Crippen LogP contribution in [0.2, 0.25) is 0 Å². The number of nitrogens with zero attached hydrogens (tertiary/aromatic N) is 4. The smallest absolute Gasteiger partial charge is 0.169 e. The second kappa shape index (κ2) is 10.5. The molecule has 3 aliphatic rings. The van der Waals surface area contributed by atoms with Crippen molar-refractivity contribution in [2.45, 2.75) is 6.42 Å². The Balaban J connectivity index is 1.17. The Morgan fingerprint density at radius 3 is 2.45 bits per heavy atom. The summed E-state index contributed by atoms with van der Waals surface area (Å²) in [6.45, 7) is 9.26. The fourth-order valence-corrected chi connectivity index (χ4v) is 4.75. The Bertz CT molecular complexity index is 1000. The average molecular weight is 466 g/mol. The maximum Gasteiger partial charge on any atom is 0.169 e. The van der Waals surface area contributed by atoms with Gasteiger partial charge in [-0.25, -0.2) is 4.99 Å². The van der Waals surface area contributed by atoms with Gasteiger partial charge in [-0.1, -0.05) is 24.3 Å². The third-order valence-electron chi connectivity index (χ3n) is 6.34. The Kier molecular flexibility index (Phi) is 7.04. The van der Waals surface area contributed by atoms with Crippen LogP contribution in [0.5, 0.6) is 11.5 Å². The van der Waals surface area contributed by atoms with Crippen molar-refractivity contribution in [1.29, 1.82) is 0 Å². The van der Waals surface area contributed by atoms with Crippen molar-refractivity contribution in [1.82, 2.24) is 20.0 Å². The fourth-order valence-electron chi connectivity index (χ4n) is 4.47. The van der Waals surface area contributed by atoms with Crippen molar-refractivity contribution >= 4 is 28.9 Å². The monoisotopic (exact) mass is 465 g/mol. The zero-order valence-electron chi connectivity index (χ0n) is 18.9. The van der Waals surface area contributed by atoms with Gasteiger partial charge in [0.05, 0.1) is 18.8 Å². The molecule has 0 aromatic heterocycles. The van der Waals surface area contributed by atoms with Crippen molar-refractivity contribution in [3.8, 4) is 11.5 Å². The molecule has 7 nitrogen and oxygen atoms in total. The molecule has 0 spiro atoms. The Hall–Kier alpha value is -2.68. The van der Waals surface area contributed by atoms with Gasteiger partial charge in [0.15, 0.2) is 10.9 Å². The molecule has 3 aliphatic heterocycles. The number of morpholine rings is 1. The van der Waals surface area contributed by atoms with Crippen LogP contribution in [0.4, 0.5) is 5.69 Å². The molecule has 8 heteroatoms. The molecule has 1 N–H and O–H groups in total. The van der Waals surface area contributed by atoms with Crippen molar-refractivity contribution in [2.75, 3.05) is 65.6 Å². The molecule has 5 rings (SSSR count). The lowest BCUT2D eigenvalue weighted by Gasteiger charge is -2.38. The summed E-state index contributed by atoms with van der Waals surface area (Å²) in [5.74, 6) is 2.61. The van der Waals surface area contributed by atoms with Gasteiger partial charge in [0.2, 0.25) is 0 Å². The number of aliphatic imine (C=N–C) groups is 1. The molecule has 0 radical (unpaired) electrons. The van der Waals surface area contributed by atoms with Crippen LogP contribution in [0.25, 0.3) is 0 Å². The third kappa shape index (κ3) is 5.29. The number of hydrogen-bond acceptors (Lipinski definition) is 6. The minimum absolute atomic E-state index is 0.793. The van der Waals surface area contributed by atoms with Crippen LogP contribution in [0.15, 0.2) is 53.5 Å². The summed E-state index contributed by atoms with van der Waals surface area (Å²) in [7, 11) is 0. The highest BCUT2D eigenvalue weighted by molar-refractivity contribution is 7.80. The van der Waals surface area contributed by atoms with Gasteiger partial charge in [0, 0.05) is 45.8 Å². The van der Waals surface area contributed by atoms with Crippen molar-refractivity contribution in [2.24, 2.45) is 4.99 Å². The second-order valence-corrected chi connectivity index (χ2v) is 8.90. The molecule has 0 unspecified atom stereocenters. The Labute approximate surface area is 201 Å². The minimum atomic E-state index is 0.793. The van der Waals surface area contributed by atoms with Crippen LogP contribution < -0.4 is 10.1 Å². The van der Waals surface area contributed by atoms with Crippen molar-refractivity contribution in [3.63, 3.8) is 0 Å². The lowest BCUT2D eigenvalue weighted by molar-refractivity contribution is 0.0375. The molecule has 0 saturated carbocycles. The Morgan fingerprint density at radius 1 is 0.909 bits per heavy atom. The third-order valence-corrected chi connectivity index (χ3v) is 6.74. The number of thiocarbonyl (C=S) groups is 1. The first-order valence-electron chi connectivity index (χ1n) is 11.8. The topological polar surface area (TPSA) is 52.6 Å². The van der Waals surface area contributed by atoms with Gasteiger partial charge in [-0.3, -0.25) is 4.90 Å². The maximum atomic E-state index is 6.19. The number of piperazine rings is 1. The first-order valence-corrected chi connectivity index (χ1v) is 12.2. The standard InChI is InChI=1S/C25H31N5O2S/c33-25(26-10-5-11-28-16-18-31-19-17-28)30-14-12-29(13-15-30)24-20-6-1-3-8-22(20)32-23-9-4-2-7-21(23)27-24/h1-4,6-9H,5,10-19H2,(H,26,33). The van der Waals surface area contributed by atoms with Crippen molar-refractivity contribution < 1.29 is 9.47 Å². The summed E-state index contributed by atoms with van der Waals surface area (Å²) >= 11 is 5.69. The highest BCUT2D eigenvalue weighted by atomic mass is 32.1. The molecular formula is C25H31N5O2S. The predicted molar refractivity (Wildman–Crippen MR) is 135 cm³/mol. The van der Waals surface area contributed by atoms with E-state index in [2.05, 4.69) is 26.1 Å². The van der Waals surface area contributed by atoms with E-state index in [1.54, 1.807) is 0 Å². The van der Waals surface area contributed by atoms with Gasteiger partial charge in [0.25, 0.3) is 0 Å². The van der Waals surface area contributed by atoms with E-state index in [0.29, 0.717) is 0 Å². The molecule has 2 saturated heterocycles. The highest BCUT2D eigenvalue weighted by Gasteiger charge is 2.26. The summed E-state index contributed by atoms with van der Waals surface area (Å²) in [6.07, 6.45) is 1.09. The van der Waals surface area contributed by atoms with E-state index in [9.17, 15) is 0 Å². The van der Waals surface area contributed by atoms with Gasteiger partial charge < -0.3 is 24.6 Å². The van der Waals surface area contributed by atoms with E-state index in [4.69, 9.17) is 26.7 Å². The van der Waals surface area contributed by atoms with E-state index < -0.39 is 0 Å². The minimum Gasteiger partial charge on any atom is -0.454 e. The van der Waals surface area contributed by atoms with Gasteiger partial charge in [0.1, 0.15) is 17.3 Å². The summed E-state index contributed by atoms with van der Waals surface area (Å²) in [5, 5.41) is 4.31. The highest BCUT2D eigenvalue weighted by Crippen LogP contribution is 2.37. The number of rotatable bonds is 4. The van der Waals surface area contributed by atoms with E-state index in [1.165, 1.54) is 0 Å². The quantitative estimate of drug-likeness (QED) is 0.550. The van der Waals surface area contributed by atoms with Crippen LogP contribution in [0, 0.1) is 0 Å². The number of nitrogens with one attached hydrogen (secondary N) is 1. The largest absolute Gasteiger partial charge is 0.454 e. The molecule has 2 fully saturated rings. The predicted octanol–water partition coefficient (Wildman–Crippen LogP) is 3.09. The van der Waals surface area contributed by atoms with Gasteiger partial charge in [-0.15, -0.1) is 0 Å². The summed E-state index contributed by atoms with van der Waals surface area (Å²) < 4.78 is 11.6. The molecule has 2 aromatic carbocycles. The van der Waals surface area contributed by atoms with E-state index in [-0.39, 0.29) is 0 Å². The lowest BCUT2D eigenvalue weighted by Crippen LogP contribution is -2.53. The molecule has 174 valence electrons. The van der Waals surface area contributed by atoms with Gasteiger partial charge in [-0.2, -0.15) is 0 Å². The van der Waals surface area contributed by atoms with E-state index in [1.807, 2.05) is 42.5 Å². The molecule has 0 bridgehead atoms. The molecular weight excluding hydrogens is 434 g/mol. The van der Waals surface area contributed by atoms with Gasteiger partial charge >= 0.3 is 0 Å². The number of fused-ring (bicyclic) bond motifs is 2. The molecule has 33 heavy (non-hydrogen) atoms. The van der Waals surface area contributed by atoms with Crippen LogP contribution >= 0.6 is 12.2 Å². The van der Waals surface area contributed by atoms with Crippen LogP contribution in [-0.2, 0) is 4.74 Å². The van der Waals surface area contributed by atoms with Crippen LogP contribution in [0.3, 0.4) is 0 Å². The number of amidine groups is 1. The number of para-hydroxylation sites is 3. The zero-order chi connectivity index (χ0) is 22.5. The van der Waals surface area contributed by atoms with Crippen LogP contribution in [0.1, 0.15) is 12.0 Å². The van der Waals surface area contributed by atoms with E-state index in [0.717, 1.165) is 106 Å². The number of benzene rings is 2. The SMILES string of the molecule is S=C(NCCCN1CCOCC1)N1CCN(C2=Nc3ccccc3Oc3ccccc32)CC1. The first-order chi connectivity index (χ1) is 16.3. The maximum absolute atomic E-state index is 6.19. The summed E-state index contributed by atoms with van der Waals surface area (Å²) in [6, 6.07) is 16.1. The van der Waals surface area contributed by atoms with Gasteiger partial charge in [-0.05, 0) is 49.4 Å². The Morgan fingerprint density at radius 2 is 1.64 bits per heavy atom. The lowest BCUT2D eigenvalue weighted by atomic mass is 10.1. The second-order valence-electron chi connectivity index (χ2n) is 8.51. The number of ether oxygens (including phenoxy) is 2. The first kappa shape index (κ1) is 22.1. The number of hydrogen-bond donors (Lipinski definition) is 1.